The van der Waals surface area contributed by atoms with Gasteiger partial charge in [-0.25, -0.2) is 13.8 Å². The fourth-order valence-electron chi connectivity index (χ4n) is 1.01. The third kappa shape index (κ3) is 2.30. The molecule has 1 rings (SSSR count). The van der Waals surface area contributed by atoms with Crippen LogP contribution in [-0.4, -0.2) is 9.91 Å². The number of alkyl halides is 3. The Bertz CT molecular complexity index is 400. The maximum Gasteiger partial charge on any atom is 0.311 e. The molecule has 0 unspecified atom stereocenters. The predicted octanol–water partition coefficient (Wildman–Crippen LogP) is 2.25. The highest BCUT2D eigenvalue weighted by Crippen LogP contribution is 2.29. The van der Waals surface area contributed by atoms with E-state index in [-0.39, 0.29) is 11.4 Å². The van der Waals surface area contributed by atoms with Crippen LogP contribution in [0, 0.1) is 10.1 Å². The molecule has 0 amide bonds. The van der Waals surface area contributed by atoms with E-state index in [4.69, 9.17) is 17.3 Å². The van der Waals surface area contributed by atoms with Gasteiger partial charge in [0.2, 0.25) is 5.82 Å². The van der Waals surface area contributed by atoms with Crippen molar-refractivity contribution in [3.63, 3.8) is 0 Å². The van der Waals surface area contributed by atoms with Gasteiger partial charge in [0, 0.05) is 17.5 Å². The van der Waals surface area contributed by atoms with Gasteiger partial charge < -0.3 is 5.73 Å². The summed E-state index contributed by atoms with van der Waals surface area (Å²) >= 11 is 5.37. The number of anilines is 1. The van der Waals surface area contributed by atoms with E-state index in [1.807, 2.05) is 0 Å². The molecule has 5 nitrogen and oxygen atoms in total. The molecule has 0 aliphatic heterocycles. The van der Waals surface area contributed by atoms with Gasteiger partial charge in [-0.15, -0.1) is 11.6 Å². The number of hydrogen-bond acceptors (Lipinski definition) is 4. The second-order valence-corrected chi connectivity index (χ2v) is 2.90. The summed E-state index contributed by atoms with van der Waals surface area (Å²) in [4.78, 5) is 12.9. The molecule has 0 bridgehead atoms. The molecule has 0 radical (unpaired) electrons. The van der Waals surface area contributed by atoms with Crippen LogP contribution in [0.2, 0.25) is 0 Å². The number of nitro groups is 1. The molecule has 0 atom stereocenters. The van der Waals surface area contributed by atoms with Crippen LogP contribution < -0.4 is 5.73 Å². The summed E-state index contributed by atoms with van der Waals surface area (Å²) in [6, 6.07) is 0.914. The van der Waals surface area contributed by atoms with E-state index < -0.39 is 28.5 Å². The first kappa shape index (κ1) is 11.6. The molecule has 15 heavy (non-hydrogen) atoms. The molecule has 1 heterocycles. The standard InChI is InChI=1S/C7H6ClF2N3O2/c8-2-3-1-4(13(14)15)7(11)12-5(3)6(9)10/h1,6H,2H2,(H2,11,12). The van der Waals surface area contributed by atoms with Crippen molar-refractivity contribution in [3.05, 3.63) is 27.4 Å². The quantitative estimate of drug-likeness (QED) is 0.497. The molecular weight excluding hydrogens is 232 g/mol. The number of nitrogen functional groups attached to an aromatic ring is 1. The van der Waals surface area contributed by atoms with E-state index in [1.54, 1.807) is 0 Å². The summed E-state index contributed by atoms with van der Waals surface area (Å²) in [6.07, 6.45) is -2.86. The molecule has 82 valence electrons. The van der Waals surface area contributed by atoms with Crippen LogP contribution in [0.4, 0.5) is 20.3 Å². The number of nitrogens with two attached hydrogens (primary N) is 1. The molecule has 0 fully saturated rings. The Labute approximate surface area is 88.0 Å². The van der Waals surface area contributed by atoms with E-state index in [1.165, 1.54) is 0 Å². The maximum absolute atomic E-state index is 12.4. The molecule has 0 aromatic carbocycles. The second-order valence-electron chi connectivity index (χ2n) is 2.63. The predicted molar refractivity (Wildman–Crippen MR) is 49.8 cm³/mol. The van der Waals surface area contributed by atoms with Gasteiger partial charge in [0.25, 0.3) is 6.43 Å². The first-order valence-corrected chi connectivity index (χ1v) is 4.28. The Balaban J connectivity index is 3.35. The van der Waals surface area contributed by atoms with Gasteiger partial charge in [-0.05, 0) is 0 Å². The zero-order valence-electron chi connectivity index (χ0n) is 7.28. The third-order valence-corrected chi connectivity index (χ3v) is 1.98. The lowest BCUT2D eigenvalue weighted by molar-refractivity contribution is -0.384. The topological polar surface area (TPSA) is 82.0 Å². The smallest absolute Gasteiger partial charge is 0.311 e. The monoisotopic (exact) mass is 237 g/mol. The van der Waals surface area contributed by atoms with E-state index in [2.05, 4.69) is 4.98 Å². The van der Waals surface area contributed by atoms with Crippen LogP contribution in [0.5, 0.6) is 0 Å². The zero-order valence-corrected chi connectivity index (χ0v) is 8.04. The molecule has 0 aliphatic carbocycles. The average molecular weight is 238 g/mol. The Hall–Kier alpha value is -1.50. The van der Waals surface area contributed by atoms with Gasteiger partial charge >= 0.3 is 5.69 Å². The fraction of sp³-hybridized carbons (Fsp3) is 0.286. The molecule has 1 aromatic heterocycles. The van der Waals surface area contributed by atoms with Crippen molar-refractivity contribution >= 4 is 23.1 Å². The van der Waals surface area contributed by atoms with Crippen molar-refractivity contribution in [3.8, 4) is 0 Å². The second kappa shape index (κ2) is 4.35. The Kier molecular flexibility index (Phi) is 3.35. The number of rotatable bonds is 3. The van der Waals surface area contributed by atoms with Crippen LogP contribution in [0.25, 0.3) is 0 Å². The molecule has 0 spiro atoms. The van der Waals surface area contributed by atoms with Crippen molar-refractivity contribution < 1.29 is 13.7 Å². The van der Waals surface area contributed by atoms with Gasteiger partial charge in [0.15, 0.2) is 0 Å². The van der Waals surface area contributed by atoms with Crippen molar-refractivity contribution in [2.75, 3.05) is 5.73 Å². The van der Waals surface area contributed by atoms with Crippen molar-refractivity contribution in [1.29, 1.82) is 0 Å². The number of aromatic nitrogens is 1. The average Bonchev–Trinajstić information content (AvgIpc) is 2.16. The van der Waals surface area contributed by atoms with E-state index in [9.17, 15) is 18.9 Å². The van der Waals surface area contributed by atoms with E-state index in [0.29, 0.717) is 0 Å². The van der Waals surface area contributed by atoms with Crippen LogP contribution >= 0.6 is 11.6 Å². The number of hydrogen-bond donors (Lipinski definition) is 1. The Morgan fingerprint density at radius 1 is 1.67 bits per heavy atom. The zero-order chi connectivity index (χ0) is 11.6. The van der Waals surface area contributed by atoms with Crippen LogP contribution in [-0.2, 0) is 5.88 Å². The van der Waals surface area contributed by atoms with Crippen molar-refractivity contribution in [2.24, 2.45) is 0 Å². The summed E-state index contributed by atoms with van der Waals surface area (Å²) in [5.74, 6) is -0.822. The normalized spacial score (nSPS) is 10.7. The lowest BCUT2D eigenvalue weighted by atomic mass is 10.2. The molecule has 0 saturated heterocycles. The SMILES string of the molecule is Nc1nc(C(F)F)c(CCl)cc1[N+](=O)[O-]. The molecule has 2 N–H and O–H groups in total. The fourth-order valence-corrected chi connectivity index (χ4v) is 1.23. The highest BCUT2D eigenvalue weighted by molar-refractivity contribution is 6.17. The molecule has 8 heteroatoms. The van der Waals surface area contributed by atoms with Crippen molar-refractivity contribution in [1.82, 2.24) is 4.98 Å². The van der Waals surface area contributed by atoms with E-state index in [0.717, 1.165) is 6.07 Å². The largest absolute Gasteiger partial charge is 0.378 e. The van der Waals surface area contributed by atoms with Crippen LogP contribution in [0.15, 0.2) is 6.07 Å². The lowest BCUT2D eigenvalue weighted by Gasteiger charge is -2.06. The molecule has 0 saturated carbocycles. The lowest BCUT2D eigenvalue weighted by Crippen LogP contribution is -2.05. The van der Waals surface area contributed by atoms with Gasteiger partial charge in [0.05, 0.1) is 4.92 Å². The Morgan fingerprint density at radius 2 is 2.27 bits per heavy atom. The Morgan fingerprint density at radius 3 is 2.67 bits per heavy atom. The summed E-state index contributed by atoms with van der Waals surface area (Å²) in [5.41, 5.74) is 3.93. The summed E-state index contributed by atoms with van der Waals surface area (Å²) in [6.45, 7) is 0. The first-order chi connectivity index (χ1) is 6.97. The third-order valence-electron chi connectivity index (χ3n) is 1.69. The number of halogens is 3. The maximum atomic E-state index is 12.4. The van der Waals surface area contributed by atoms with Crippen LogP contribution in [0.3, 0.4) is 0 Å². The van der Waals surface area contributed by atoms with Gasteiger partial charge in [-0.2, -0.15) is 0 Å². The first-order valence-electron chi connectivity index (χ1n) is 3.75. The minimum atomic E-state index is -2.86. The highest BCUT2D eigenvalue weighted by Gasteiger charge is 2.21. The van der Waals surface area contributed by atoms with Gasteiger partial charge in [-0.1, -0.05) is 0 Å². The molecule has 0 aliphatic rings. The minimum absolute atomic E-state index is 0.0902. The molecular formula is C7H6ClF2N3O2. The van der Waals surface area contributed by atoms with Gasteiger partial charge in [-0.3, -0.25) is 10.1 Å². The minimum Gasteiger partial charge on any atom is -0.378 e. The summed E-state index contributed by atoms with van der Waals surface area (Å²) in [5, 5.41) is 10.4. The highest BCUT2D eigenvalue weighted by atomic mass is 35.5. The van der Waals surface area contributed by atoms with E-state index >= 15 is 0 Å². The summed E-state index contributed by atoms with van der Waals surface area (Å²) in [7, 11) is 0. The van der Waals surface area contributed by atoms with Gasteiger partial charge in [0.1, 0.15) is 5.69 Å². The number of pyridine rings is 1. The van der Waals surface area contributed by atoms with Crippen molar-refractivity contribution in [2.45, 2.75) is 12.3 Å². The summed E-state index contributed by atoms with van der Waals surface area (Å²) < 4.78 is 24.8. The number of nitrogens with zero attached hydrogens (tertiary/aromatic N) is 2. The molecule has 1 aromatic rings. The van der Waals surface area contributed by atoms with Crippen LogP contribution in [0.1, 0.15) is 17.7 Å².